The molecule has 0 bridgehead atoms. The minimum atomic E-state index is -0.0345. The highest BCUT2D eigenvalue weighted by Gasteiger charge is 2.11. The highest BCUT2D eigenvalue weighted by Crippen LogP contribution is 2.24. The topological polar surface area (TPSA) is 68.0 Å². The normalized spacial score (nSPS) is 10.8. The summed E-state index contributed by atoms with van der Waals surface area (Å²) in [6.07, 6.45) is 0.853. The molecule has 0 fully saturated rings. The maximum atomic E-state index is 11.9. The first-order chi connectivity index (χ1) is 12.1. The smallest absolute Gasteiger partial charge is 0.277 e. The molecule has 7 heteroatoms. The highest BCUT2D eigenvalue weighted by molar-refractivity contribution is 7.99. The molecule has 0 radical (unpaired) electrons. The molecule has 3 aromatic rings. The number of carbonyl (C=O) groups excluding carboxylic acids is 1. The Morgan fingerprint density at radius 1 is 1.24 bits per heavy atom. The molecule has 25 heavy (non-hydrogen) atoms. The summed E-state index contributed by atoms with van der Waals surface area (Å²) in [7, 11) is 0. The Kier molecular flexibility index (Phi) is 5.88. The molecule has 0 aliphatic rings. The van der Waals surface area contributed by atoms with Crippen molar-refractivity contribution in [2.75, 3.05) is 12.3 Å². The van der Waals surface area contributed by atoms with Crippen molar-refractivity contribution in [2.45, 2.75) is 25.5 Å². The molecule has 1 amide bonds. The average molecular weight is 374 g/mol. The van der Waals surface area contributed by atoms with Crippen LogP contribution in [-0.2, 0) is 11.2 Å². The van der Waals surface area contributed by atoms with Gasteiger partial charge in [-0.25, -0.2) is 0 Å². The summed E-state index contributed by atoms with van der Waals surface area (Å²) in [5.41, 5.74) is 3.19. The first kappa shape index (κ1) is 17.7. The van der Waals surface area contributed by atoms with E-state index in [0.29, 0.717) is 17.7 Å². The zero-order chi connectivity index (χ0) is 17.6. The van der Waals surface area contributed by atoms with Crippen LogP contribution >= 0.6 is 23.1 Å². The molecule has 3 rings (SSSR count). The molecule has 130 valence electrons. The van der Waals surface area contributed by atoms with Gasteiger partial charge in [0.2, 0.25) is 11.8 Å². The Labute approximate surface area is 154 Å². The third-order valence-electron chi connectivity index (χ3n) is 3.48. The van der Waals surface area contributed by atoms with Crippen LogP contribution in [0, 0.1) is 13.8 Å². The minimum Gasteiger partial charge on any atom is -0.411 e. The lowest BCUT2D eigenvalue weighted by atomic mass is 10.1. The quantitative estimate of drug-likeness (QED) is 0.637. The van der Waals surface area contributed by atoms with Gasteiger partial charge in [0.15, 0.2) is 0 Å². The molecule has 0 saturated carbocycles. The predicted molar refractivity (Wildman–Crippen MR) is 101 cm³/mol. The van der Waals surface area contributed by atoms with Crippen LogP contribution in [0.1, 0.15) is 16.0 Å². The number of thiophene rings is 1. The van der Waals surface area contributed by atoms with Crippen molar-refractivity contribution in [3.8, 4) is 11.5 Å². The largest absolute Gasteiger partial charge is 0.411 e. The molecule has 0 atom stereocenters. The van der Waals surface area contributed by atoms with E-state index in [1.807, 2.05) is 37.4 Å². The fourth-order valence-corrected chi connectivity index (χ4v) is 3.74. The second-order valence-electron chi connectivity index (χ2n) is 5.72. The van der Waals surface area contributed by atoms with Crippen LogP contribution in [-0.4, -0.2) is 28.4 Å². The fourth-order valence-electron chi connectivity index (χ4n) is 2.44. The van der Waals surface area contributed by atoms with Crippen molar-refractivity contribution in [3.05, 3.63) is 51.7 Å². The molecule has 0 saturated heterocycles. The van der Waals surface area contributed by atoms with E-state index >= 15 is 0 Å². The lowest BCUT2D eigenvalue weighted by Gasteiger charge is -2.02. The standard InChI is InChI=1S/C18H19N3O2S2/c1-12-8-13(2)10-14(9-12)17-20-21-18(23-17)25-11-16(22)19-6-5-15-4-3-7-24-15/h3-4,7-10H,5-6,11H2,1-2H3,(H,19,22). The van der Waals surface area contributed by atoms with E-state index in [4.69, 9.17) is 4.42 Å². The fraction of sp³-hybridized carbons (Fsp3) is 0.278. The number of nitrogens with one attached hydrogen (secondary N) is 1. The van der Waals surface area contributed by atoms with Crippen molar-refractivity contribution < 1.29 is 9.21 Å². The van der Waals surface area contributed by atoms with E-state index in [2.05, 4.69) is 27.6 Å². The number of rotatable bonds is 7. The summed E-state index contributed by atoms with van der Waals surface area (Å²) < 4.78 is 5.66. The SMILES string of the molecule is Cc1cc(C)cc(-c2nnc(SCC(=O)NCCc3cccs3)o2)c1. The third kappa shape index (κ3) is 5.17. The Bertz CT molecular complexity index is 824. The average Bonchev–Trinajstić information content (AvgIpc) is 3.24. The van der Waals surface area contributed by atoms with Gasteiger partial charge in [0.25, 0.3) is 5.22 Å². The van der Waals surface area contributed by atoms with E-state index in [0.717, 1.165) is 23.1 Å². The Hall–Kier alpha value is -2.12. The number of thioether (sulfide) groups is 1. The maximum absolute atomic E-state index is 11.9. The van der Waals surface area contributed by atoms with Crippen molar-refractivity contribution in [1.29, 1.82) is 0 Å². The molecule has 1 N–H and O–H groups in total. The summed E-state index contributed by atoms with van der Waals surface area (Å²) in [5.74, 6) is 0.707. The van der Waals surface area contributed by atoms with Gasteiger partial charge in [-0.3, -0.25) is 4.79 Å². The summed E-state index contributed by atoms with van der Waals surface area (Å²) >= 11 is 2.95. The second kappa shape index (κ2) is 8.31. The Morgan fingerprint density at radius 2 is 2.04 bits per heavy atom. The molecular formula is C18H19N3O2S2. The monoisotopic (exact) mass is 373 g/mol. The van der Waals surface area contributed by atoms with Gasteiger partial charge in [-0.15, -0.1) is 21.5 Å². The van der Waals surface area contributed by atoms with Crippen molar-refractivity contribution >= 4 is 29.0 Å². The summed E-state index contributed by atoms with van der Waals surface area (Å²) in [6.45, 7) is 4.70. The van der Waals surface area contributed by atoms with E-state index < -0.39 is 0 Å². The van der Waals surface area contributed by atoms with Gasteiger partial charge in [0.1, 0.15) is 0 Å². The molecule has 5 nitrogen and oxygen atoms in total. The van der Waals surface area contributed by atoms with Crippen LogP contribution in [0.25, 0.3) is 11.5 Å². The lowest BCUT2D eigenvalue weighted by molar-refractivity contribution is -0.118. The van der Waals surface area contributed by atoms with Crippen molar-refractivity contribution in [1.82, 2.24) is 15.5 Å². The minimum absolute atomic E-state index is 0.0345. The number of benzene rings is 1. The predicted octanol–water partition coefficient (Wildman–Crippen LogP) is 3.87. The summed E-state index contributed by atoms with van der Waals surface area (Å²) in [4.78, 5) is 13.2. The highest BCUT2D eigenvalue weighted by atomic mass is 32.2. The lowest BCUT2D eigenvalue weighted by Crippen LogP contribution is -2.27. The van der Waals surface area contributed by atoms with Crippen LogP contribution in [0.3, 0.4) is 0 Å². The molecule has 0 spiro atoms. The van der Waals surface area contributed by atoms with Crippen LogP contribution in [0.15, 0.2) is 45.4 Å². The molecule has 2 heterocycles. The molecular weight excluding hydrogens is 354 g/mol. The number of carbonyl (C=O) groups is 1. The van der Waals surface area contributed by atoms with Gasteiger partial charge in [-0.2, -0.15) is 0 Å². The van der Waals surface area contributed by atoms with Gasteiger partial charge < -0.3 is 9.73 Å². The molecule has 2 aromatic heterocycles. The number of aryl methyl sites for hydroxylation is 2. The number of nitrogens with zero attached hydrogens (tertiary/aromatic N) is 2. The molecule has 0 aliphatic heterocycles. The first-order valence-corrected chi connectivity index (χ1v) is 9.81. The summed E-state index contributed by atoms with van der Waals surface area (Å²) in [6, 6.07) is 10.2. The van der Waals surface area contributed by atoms with Gasteiger partial charge in [-0.1, -0.05) is 35.0 Å². The van der Waals surface area contributed by atoms with Gasteiger partial charge in [0.05, 0.1) is 5.75 Å². The van der Waals surface area contributed by atoms with Crippen LogP contribution in [0.5, 0.6) is 0 Å². The number of hydrogen-bond acceptors (Lipinski definition) is 6. The molecule has 0 aliphatic carbocycles. The Balaban J connectivity index is 1.48. The van der Waals surface area contributed by atoms with E-state index in [-0.39, 0.29) is 11.7 Å². The van der Waals surface area contributed by atoms with Crippen molar-refractivity contribution in [2.24, 2.45) is 0 Å². The maximum Gasteiger partial charge on any atom is 0.277 e. The van der Waals surface area contributed by atoms with Gasteiger partial charge >= 0.3 is 0 Å². The van der Waals surface area contributed by atoms with Gasteiger partial charge in [-0.05, 0) is 43.8 Å². The second-order valence-corrected chi connectivity index (χ2v) is 7.68. The zero-order valence-electron chi connectivity index (χ0n) is 14.1. The molecule has 0 unspecified atom stereocenters. The molecule has 1 aromatic carbocycles. The zero-order valence-corrected chi connectivity index (χ0v) is 15.7. The third-order valence-corrected chi connectivity index (χ3v) is 5.23. The van der Waals surface area contributed by atoms with Crippen LogP contribution < -0.4 is 5.32 Å². The van der Waals surface area contributed by atoms with Crippen molar-refractivity contribution in [3.63, 3.8) is 0 Å². The Morgan fingerprint density at radius 3 is 2.76 bits per heavy atom. The van der Waals surface area contributed by atoms with Crippen LogP contribution in [0.2, 0.25) is 0 Å². The number of hydrogen-bond donors (Lipinski definition) is 1. The number of aromatic nitrogens is 2. The van der Waals surface area contributed by atoms with E-state index in [1.54, 1.807) is 11.3 Å². The first-order valence-electron chi connectivity index (χ1n) is 7.94. The van der Waals surface area contributed by atoms with E-state index in [1.165, 1.54) is 16.6 Å². The van der Waals surface area contributed by atoms with E-state index in [9.17, 15) is 4.79 Å². The van der Waals surface area contributed by atoms with Gasteiger partial charge in [0, 0.05) is 17.0 Å². The summed E-state index contributed by atoms with van der Waals surface area (Å²) in [5, 5.41) is 13.4. The van der Waals surface area contributed by atoms with Crippen LogP contribution in [0.4, 0.5) is 0 Å². The number of amides is 1.